The Labute approximate surface area is 114 Å². The summed E-state index contributed by atoms with van der Waals surface area (Å²) in [4.78, 5) is 4.20. The van der Waals surface area contributed by atoms with Gasteiger partial charge in [0.25, 0.3) is 0 Å². The number of hydrogen-bond acceptors (Lipinski definition) is 3. The number of hydrogen-bond donors (Lipinski definition) is 1. The molecule has 0 fully saturated rings. The number of aliphatic hydroxyl groups is 1. The van der Waals surface area contributed by atoms with Crippen molar-refractivity contribution in [2.24, 2.45) is 7.05 Å². The first-order valence-electron chi connectivity index (χ1n) is 5.59. The van der Waals surface area contributed by atoms with E-state index in [0.717, 1.165) is 21.6 Å². The second-order valence-electron chi connectivity index (χ2n) is 4.07. The van der Waals surface area contributed by atoms with Gasteiger partial charge in [-0.2, -0.15) is 0 Å². The van der Waals surface area contributed by atoms with Gasteiger partial charge in [0.1, 0.15) is 11.6 Å². The standard InChI is InChI=1S/C13H15BrN2O2/c1-16-6-5-15-13(16)8-11(17)9-3-4-12(18-2)10(14)7-9/h3-7,11,17H,8H2,1-2H3. The molecule has 0 aliphatic carbocycles. The summed E-state index contributed by atoms with van der Waals surface area (Å²) < 4.78 is 7.90. The summed E-state index contributed by atoms with van der Waals surface area (Å²) in [5.41, 5.74) is 0.839. The average Bonchev–Trinajstić information content (AvgIpc) is 2.75. The third-order valence-corrected chi connectivity index (χ3v) is 3.48. The number of rotatable bonds is 4. The van der Waals surface area contributed by atoms with Gasteiger partial charge in [0.15, 0.2) is 0 Å². The van der Waals surface area contributed by atoms with Gasteiger partial charge < -0.3 is 14.4 Å². The maximum atomic E-state index is 10.2. The number of nitrogens with zero attached hydrogens (tertiary/aromatic N) is 2. The van der Waals surface area contributed by atoms with E-state index >= 15 is 0 Å². The van der Waals surface area contributed by atoms with E-state index < -0.39 is 6.10 Å². The lowest BCUT2D eigenvalue weighted by atomic mass is 10.1. The minimum Gasteiger partial charge on any atom is -0.496 e. The average molecular weight is 311 g/mol. The van der Waals surface area contributed by atoms with Crippen LogP contribution in [0.4, 0.5) is 0 Å². The Morgan fingerprint density at radius 2 is 2.28 bits per heavy atom. The zero-order chi connectivity index (χ0) is 13.1. The summed E-state index contributed by atoms with van der Waals surface area (Å²) >= 11 is 3.41. The van der Waals surface area contributed by atoms with Crippen molar-refractivity contribution in [3.05, 3.63) is 46.5 Å². The summed E-state index contributed by atoms with van der Waals surface area (Å²) in [5, 5.41) is 10.2. The summed E-state index contributed by atoms with van der Waals surface area (Å²) in [6.45, 7) is 0. The van der Waals surface area contributed by atoms with Crippen LogP contribution >= 0.6 is 15.9 Å². The molecule has 1 N–H and O–H groups in total. The van der Waals surface area contributed by atoms with Crippen LogP contribution in [0.5, 0.6) is 5.75 Å². The van der Waals surface area contributed by atoms with Crippen LogP contribution in [0.15, 0.2) is 35.1 Å². The lowest BCUT2D eigenvalue weighted by molar-refractivity contribution is 0.174. The third-order valence-electron chi connectivity index (χ3n) is 2.86. The molecule has 4 nitrogen and oxygen atoms in total. The largest absolute Gasteiger partial charge is 0.496 e. The predicted molar refractivity (Wildman–Crippen MR) is 72.6 cm³/mol. The molecule has 1 aromatic carbocycles. The van der Waals surface area contributed by atoms with Gasteiger partial charge in [-0.25, -0.2) is 4.98 Å². The Bertz CT molecular complexity index is 540. The molecule has 0 aliphatic rings. The first-order valence-corrected chi connectivity index (χ1v) is 6.39. The molecule has 0 aliphatic heterocycles. The first kappa shape index (κ1) is 13.1. The van der Waals surface area contributed by atoms with Crippen LogP contribution in [0.3, 0.4) is 0 Å². The smallest absolute Gasteiger partial charge is 0.133 e. The van der Waals surface area contributed by atoms with Gasteiger partial charge in [-0.05, 0) is 33.6 Å². The molecule has 0 saturated heterocycles. The van der Waals surface area contributed by atoms with Crippen molar-refractivity contribution < 1.29 is 9.84 Å². The molecule has 2 aromatic rings. The van der Waals surface area contributed by atoms with Crippen molar-refractivity contribution in [2.45, 2.75) is 12.5 Å². The molecule has 5 heteroatoms. The molecule has 2 rings (SSSR count). The molecule has 0 radical (unpaired) electrons. The van der Waals surface area contributed by atoms with Crippen LogP contribution < -0.4 is 4.74 Å². The van der Waals surface area contributed by atoms with E-state index in [4.69, 9.17) is 4.74 Å². The van der Waals surface area contributed by atoms with Gasteiger partial charge in [-0.3, -0.25) is 0 Å². The van der Waals surface area contributed by atoms with Gasteiger partial charge in [-0.15, -0.1) is 0 Å². The molecule has 0 bridgehead atoms. The van der Waals surface area contributed by atoms with E-state index in [9.17, 15) is 5.11 Å². The molecular formula is C13H15BrN2O2. The molecule has 0 saturated carbocycles. The highest BCUT2D eigenvalue weighted by Crippen LogP contribution is 2.28. The second-order valence-corrected chi connectivity index (χ2v) is 4.92. The maximum absolute atomic E-state index is 10.2. The summed E-state index contributed by atoms with van der Waals surface area (Å²) in [6, 6.07) is 5.56. The summed E-state index contributed by atoms with van der Waals surface area (Å²) in [6.07, 6.45) is 3.51. The Hall–Kier alpha value is -1.33. The number of ether oxygens (including phenoxy) is 1. The zero-order valence-electron chi connectivity index (χ0n) is 10.3. The number of halogens is 1. The normalized spacial score (nSPS) is 12.4. The Morgan fingerprint density at radius 1 is 1.50 bits per heavy atom. The molecule has 1 atom stereocenters. The van der Waals surface area contributed by atoms with E-state index in [1.165, 1.54) is 0 Å². The number of aryl methyl sites for hydroxylation is 1. The zero-order valence-corrected chi connectivity index (χ0v) is 11.9. The Kier molecular flexibility index (Phi) is 4.04. The number of aromatic nitrogens is 2. The molecule has 1 unspecified atom stereocenters. The first-order chi connectivity index (χ1) is 8.61. The quantitative estimate of drug-likeness (QED) is 0.943. The molecule has 96 valence electrons. The molecule has 1 aromatic heterocycles. The highest BCUT2D eigenvalue weighted by atomic mass is 79.9. The minimum absolute atomic E-state index is 0.488. The lowest BCUT2D eigenvalue weighted by Crippen LogP contribution is -2.06. The van der Waals surface area contributed by atoms with Crippen LogP contribution in [-0.2, 0) is 13.5 Å². The SMILES string of the molecule is COc1ccc(C(O)Cc2nccn2C)cc1Br. The highest BCUT2D eigenvalue weighted by Gasteiger charge is 2.13. The maximum Gasteiger partial charge on any atom is 0.133 e. The van der Waals surface area contributed by atoms with E-state index in [1.807, 2.05) is 36.0 Å². The van der Waals surface area contributed by atoms with Crippen molar-refractivity contribution in [3.63, 3.8) is 0 Å². The number of benzene rings is 1. The van der Waals surface area contributed by atoms with Crippen molar-refractivity contribution in [1.82, 2.24) is 9.55 Å². The van der Waals surface area contributed by atoms with Crippen molar-refractivity contribution in [2.75, 3.05) is 7.11 Å². The van der Waals surface area contributed by atoms with Crippen LogP contribution in [0.25, 0.3) is 0 Å². The summed E-state index contributed by atoms with van der Waals surface area (Å²) in [7, 11) is 3.53. The second kappa shape index (κ2) is 5.54. The van der Waals surface area contributed by atoms with Crippen LogP contribution in [0.1, 0.15) is 17.5 Å². The van der Waals surface area contributed by atoms with E-state index in [-0.39, 0.29) is 0 Å². The van der Waals surface area contributed by atoms with E-state index in [0.29, 0.717) is 6.42 Å². The van der Waals surface area contributed by atoms with E-state index in [2.05, 4.69) is 20.9 Å². The lowest BCUT2D eigenvalue weighted by Gasteiger charge is -2.12. The van der Waals surface area contributed by atoms with Crippen molar-refractivity contribution >= 4 is 15.9 Å². The number of imidazole rings is 1. The molecule has 0 amide bonds. The van der Waals surface area contributed by atoms with E-state index in [1.54, 1.807) is 13.3 Å². The fraction of sp³-hybridized carbons (Fsp3) is 0.308. The van der Waals surface area contributed by atoms with Gasteiger partial charge in [0, 0.05) is 25.9 Å². The van der Waals surface area contributed by atoms with Gasteiger partial charge in [0.2, 0.25) is 0 Å². The van der Waals surface area contributed by atoms with Crippen molar-refractivity contribution in [3.8, 4) is 5.75 Å². The van der Waals surface area contributed by atoms with Gasteiger partial charge >= 0.3 is 0 Å². The highest BCUT2D eigenvalue weighted by molar-refractivity contribution is 9.10. The number of aliphatic hydroxyl groups excluding tert-OH is 1. The van der Waals surface area contributed by atoms with Gasteiger partial charge in [0.05, 0.1) is 17.7 Å². The topological polar surface area (TPSA) is 47.3 Å². The molecule has 18 heavy (non-hydrogen) atoms. The fourth-order valence-electron chi connectivity index (χ4n) is 1.77. The summed E-state index contributed by atoms with van der Waals surface area (Å²) in [5.74, 6) is 1.61. The Balaban J connectivity index is 2.16. The number of methoxy groups -OCH3 is 1. The fourth-order valence-corrected chi connectivity index (χ4v) is 2.33. The monoisotopic (exact) mass is 310 g/mol. The third kappa shape index (κ3) is 2.73. The minimum atomic E-state index is -0.576. The van der Waals surface area contributed by atoms with Crippen LogP contribution in [-0.4, -0.2) is 21.8 Å². The van der Waals surface area contributed by atoms with Crippen LogP contribution in [0, 0.1) is 0 Å². The van der Waals surface area contributed by atoms with Gasteiger partial charge in [-0.1, -0.05) is 6.07 Å². The predicted octanol–water partition coefficient (Wildman–Crippen LogP) is 2.47. The molecule has 1 heterocycles. The van der Waals surface area contributed by atoms with Crippen LogP contribution in [0.2, 0.25) is 0 Å². The molecular weight excluding hydrogens is 296 g/mol. The van der Waals surface area contributed by atoms with Crippen molar-refractivity contribution in [1.29, 1.82) is 0 Å². The molecule has 0 spiro atoms. The Morgan fingerprint density at radius 3 is 2.83 bits per heavy atom.